The molecule has 0 radical (unpaired) electrons. The number of rotatable bonds is 4. The first-order chi connectivity index (χ1) is 9.11. The number of aryl methyl sites for hydroxylation is 1. The highest BCUT2D eigenvalue weighted by atomic mass is 16.6. The van der Waals surface area contributed by atoms with Crippen molar-refractivity contribution in [1.29, 1.82) is 5.26 Å². The summed E-state index contributed by atoms with van der Waals surface area (Å²) in [6, 6.07) is 4.87. The predicted molar refractivity (Wildman–Crippen MR) is 66.1 cm³/mol. The molecule has 8 nitrogen and oxygen atoms in total. The van der Waals surface area contributed by atoms with Gasteiger partial charge in [0.1, 0.15) is 11.6 Å². The molecule has 1 N–H and O–H groups in total. The third-order valence-corrected chi connectivity index (χ3v) is 2.43. The second-order valence-corrected chi connectivity index (χ2v) is 3.76. The van der Waals surface area contributed by atoms with Gasteiger partial charge in [-0.2, -0.15) is 10.4 Å². The molecule has 0 spiro atoms. The summed E-state index contributed by atoms with van der Waals surface area (Å²) in [5.74, 6) is 0.0645. The van der Waals surface area contributed by atoms with Gasteiger partial charge in [-0.1, -0.05) is 0 Å². The lowest BCUT2D eigenvalue weighted by atomic mass is 10.2. The van der Waals surface area contributed by atoms with Crippen LogP contribution < -0.4 is 5.32 Å². The summed E-state index contributed by atoms with van der Waals surface area (Å²) in [7, 11) is 1.78. The van der Waals surface area contributed by atoms with Crippen LogP contribution in [0.15, 0.2) is 24.5 Å². The Bertz CT molecular complexity index is 657. The molecule has 19 heavy (non-hydrogen) atoms. The highest BCUT2D eigenvalue weighted by Crippen LogP contribution is 2.25. The first kappa shape index (κ1) is 12.5. The molecule has 2 heterocycles. The topological polar surface area (TPSA) is 110 Å². The summed E-state index contributed by atoms with van der Waals surface area (Å²) in [6.45, 7) is 0.295. The van der Waals surface area contributed by atoms with Crippen LogP contribution in [-0.2, 0) is 13.6 Å². The van der Waals surface area contributed by atoms with Crippen molar-refractivity contribution in [3.8, 4) is 6.07 Å². The largest absolute Gasteiger partial charge is 0.359 e. The lowest BCUT2D eigenvalue weighted by molar-refractivity contribution is -0.384. The van der Waals surface area contributed by atoms with Crippen LogP contribution in [0.4, 0.5) is 11.5 Å². The molecule has 0 saturated heterocycles. The summed E-state index contributed by atoms with van der Waals surface area (Å²) in [6.07, 6.45) is 3.12. The maximum absolute atomic E-state index is 11.0. The van der Waals surface area contributed by atoms with Gasteiger partial charge in [-0.05, 0) is 12.1 Å². The zero-order chi connectivity index (χ0) is 13.8. The van der Waals surface area contributed by atoms with Gasteiger partial charge in [0.25, 0.3) is 0 Å². The number of nitrogens with zero attached hydrogens (tertiary/aromatic N) is 5. The van der Waals surface area contributed by atoms with Crippen molar-refractivity contribution in [2.45, 2.75) is 6.54 Å². The number of nitriles is 1. The van der Waals surface area contributed by atoms with Crippen LogP contribution in [0.5, 0.6) is 0 Å². The Labute approximate surface area is 108 Å². The molecule has 8 heteroatoms. The van der Waals surface area contributed by atoms with E-state index in [2.05, 4.69) is 15.4 Å². The van der Waals surface area contributed by atoms with Crippen molar-refractivity contribution < 1.29 is 4.92 Å². The molecular formula is C11H10N6O2. The zero-order valence-corrected chi connectivity index (χ0v) is 10.1. The van der Waals surface area contributed by atoms with Gasteiger partial charge in [-0.25, -0.2) is 4.98 Å². The van der Waals surface area contributed by atoms with Crippen LogP contribution in [0.3, 0.4) is 0 Å². The Morgan fingerprint density at radius 2 is 2.37 bits per heavy atom. The number of nitro groups is 1. The molecule has 2 rings (SSSR count). The van der Waals surface area contributed by atoms with E-state index in [0.717, 1.165) is 5.69 Å². The van der Waals surface area contributed by atoms with E-state index in [9.17, 15) is 10.1 Å². The van der Waals surface area contributed by atoms with Crippen molar-refractivity contribution in [1.82, 2.24) is 14.8 Å². The van der Waals surface area contributed by atoms with Gasteiger partial charge in [-0.3, -0.25) is 14.8 Å². The molecule has 0 aromatic carbocycles. The van der Waals surface area contributed by atoms with E-state index >= 15 is 0 Å². The van der Waals surface area contributed by atoms with Crippen LogP contribution in [0, 0.1) is 21.4 Å². The lowest BCUT2D eigenvalue weighted by Gasteiger charge is -2.04. The third-order valence-electron chi connectivity index (χ3n) is 2.43. The van der Waals surface area contributed by atoms with Crippen LogP contribution in [-0.4, -0.2) is 19.7 Å². The highest BCUT2D eigenvalue weighted by Gasteiger charge is 2.20. The van der Waals surface area contributed by atoms with Crippen molar-refractivity contribution >= 4 is 11.5 Å². The van der Waals surface area contributed by atoms with Gasteiger partial charge in [0.05, 0.1) is 17.2 Å². The number of anilines is 1. The fourth-order valence-electron chi connectivity index (χ4n) is 1.59. The van der Waals surface area contributed by atoms with Crippen LogP contribution in [0.1, 0.15) is 11.3 Å². The fourth-order valence-corrected chi connectivity index (χ4v) is 1.59. The first-order valence-corrected chi connectivity index (χ1v) is 5.37. The van der Waals surface area contributed by atoms with Crippen LogP contribution in [0.25, 0.3) is 0 Å². The fraction of sp³-hybridized carbons (Fsp3) is 0.182. The summed E-state index contributed by atoms with van der Waals surface area (Å²) in [5.41, 5.74) is 0.380. The molecule has 2 aromatic rings. The summed E-state index contributed by atoms with van der Waals surface area (Å²) >= 11 is 0. The van der Waals surface area contributed by atoms with E-state index in [1.807, 2.05) is 0 Å². The molecular weight excluding hydrogens is 248 g/mol. The second kappa shape index (κ2) is 5.14. The van der Waals surface area contributed by atoms with E-state index in [-0.39, 0.29) is 17.1 Å². The van der Waals surface area contributed by atoms with Crippen molar-refractivity contribution in [2.24, 2.45) is 7.05 Å². The lowest BCUT2D eigenvalue weighted by Crippen LogP contribution is -2.06. The minimum atomic E-state index is -0.619. The quantitative estimate of drug-likeness (QED) is 0.651. The smallest absolute Gasteiger partial charge is 0.328 e. The molecule has 2 aromatic heterocycles. The SMILES string of the molecule is Cn1ccc(CNc2nccc(C#N)c2[N+](=O)[O-])n1. The molecule has 0 aliphatic heterocycles. The number of aromatic nitrogens is 3. The Kier molecular flexibility index (Phi) is 3.38. The van der Waals surface area contributed by atoms with Gasteiger partial charge in [0.2, 0.25) is 5.82 Å². The van der Waals surface area contributed by atoms with Gasteiger partial charge in [0.15, 0.2) is 0 Å². The van der Waals surface area contributed by atoms with E-state index in [1.54, 1.807) is 30.1 Å². The second-order valence-electron chi connectivity index (χ2n) is 3.76. The average molecular weight is 258 g/mol. The Morgan fingerprint density at radius 3 is 2.95 bits per heavy atom. The zero-order valence-electron chi connectivity index (χ0n) is 10.1. The minimum Gasteiger partial charge on any atom is -0.359 e. The average Bonchev–Trinajstić information content (AvgIpc) is 2.81. The maximum Gasteiger partial charge on any atom is 0.328 e. The van der Waals surface area contributed by atoms with Crippen LogP contribution in [0.2, 0.25) is 0 Å². The third kappa shape index (κ3) is 2.66. The van der Waals surface area contributed by atoms with E-state index in [0.29, 0.717) is 6.54 Å². The van der Waals surface area contributed by atoms with E-state index < -0.39 is 4.92 Å². The number of hydrogen-bond acceptors (Lipinski definition) is 6. The molecule has 0 saturated carbocycles. The molecule has 0 bridgehead atoms. The monoisotopic (exact) mass is 258 g/mol. The Morgan fingerprint density at radius 1 is 1.58 bits per heavy atom. The van der Waals surface area contributed by atoms with Crippen LogP contribution >= 0.6 is 0 Å². The molecule has 0 amide bonds. The molecule has 0 aliphatic rings. The molecule has 96 valence electrons. The number of nitrogens with one attached hydrogen (secondary N) is 1. The molecule has 0 fully saturated rings. The number of hydrogen-bond donors (Lipinski definition) is 1. The summed E-state index contributed by atoms with van der Waals surface area (Å²) in [4.78, 5) is 14.2. The van der Waals surface area contributed by atoms with Gasteiger partial charge >= 0.3 is 5.69 Å². The molecule has 0 aliphatic carbocycles. The standard InChI is InChI=1S/C11H10N6O2/c1-16-5-3-9(15-16)7-14-11-10(17(18)19)8(6-12)2-4-13-11/h2-5H,7H2,1H3,(H,13,14). The molecule has 0 unspecified atom stereocenters. The normalized spacial score (nSPS) is 9.89. The first-order valence-electron chi connectivity index (χ1n) is 5.37. The number of pyridine rings is 1. The van der Waals surface area contributed by atoms with E-state index in [4.69, 9.17) is 5.26 Å². The highest BCUT2D eigenvalue weighted by molar-refractivity contribution is 5.64. The van der Waals surface area contributed by atoms with Crippen molar-refractivity contribution in [2.75, 3.05) is 5.32 Å². The maximum atomic E-state index is 11.0. The van der Waals surface area contributed by atoms with Crippen molar-refractivity contribution in [3.63, 3.8) is 0 Å². The van der Waals surface area contributed by atoms with Gasteiger partial charge in [-0.15, -0.1) is 0 Å². The minimum absolute atomic E-state index is 0.0245. The van der Waals surface area contributed by atoms with E-state index in [1.165, 1.54) is 12.3 Å². The van der Waals surface area contributed by atoms with Gasteiger partial charge in [0, 0.05) is 19.4 Å². The van der Waals surface area contributed by atoms with Crippen molar-refractivity contribution in [3.05, 3.63) is 45.9 Å². The predicted octanol–water partition coefficient (Wildman–Crippen LogP) is 1.21. The Hall–Kier alpha value is -2.95. The molecule has 0 atom stereocenters. The Balaban J connectivity index is 2.25. The summed E-state index contributed by atoms with van der Waals surface area (Å²) in [5, 5.41) is 26.8. The van der Waals surface area contributed by atoms with Gasteiger partial charge < -0.3 is 5.32 Å². The summed E-state index contributed by atoms with van der Waals surface area (Å²) < 4.78 is 1.63.